The standard InChI is InChI=1S/C19H23NO3/c1-4-16(21)14-8-10-20-9-7-13-11-17(22-5-2)18(23-6-3)12-15(13)19(14)20/h8,10-12H,4-7,9H2,1-3H3. The first-order chi connectivity index (χ1) is 11.2. The maximum Gasteiger partial charge on any atom is 0.164 e. The number of carbonyl (C=O) groups is 1. The molecule has 0 N–H and O–H groups in total. The van der Waals surface area contributed by atoms with Gasteiger partial charge in [0, 0.05) is 30.3 Å². The molecule has 0 saturated heterocycles. The number of carbonyl (C=O) groups excluding carboxylic acids is 1. The van der Waals surface area contributed by atoms with Gasteiger partial charge in [0.2, 0.25) is 0 Å². The SMILES string of the molecule is CCOc1cc2c(cc1OCC)-c1c(C(=O)CC)ccn1CC2. The van der Waals surface area contributed by atoms with Crippen molar-refractivity contribution in [3.63, 3.8) is 0 Å². The molecule has 0 amide bonds. The molecule has 0 atom stereocenters. The monoisotopic (exact) mass is 313 g/mol. The van der Waals surface area contributed by atoms with Gasteiger partial charge in [-0.05, 0) is 44.0 Å². The van der Waals surface area contributed by atoms with E-state index >= 15 is 0 Å². The second-order valence-electron chi connectivity index (χ2n) is 5.62. The van der Waals surface area contributed by atoms with Gasteiger partial charge in [0.25, 0.3) is 0 Å². The molecule has 1 aromatic carbocycles. The lowest BCUT2D eigenvalue weighted by Crippen LogP contribution is -2.13. The Labute approximate surface area is 137 Å². The van der Waals surface area contributed by atoms with Crippen molar-refractivity contribution in [1.29, 1.82) is 0 Å². The van der Waals surface area contributed by atoms with Crippen LogP contribution in [-0.2, 0) is 13.0 Å². The Kier molecular flexibility index (Phi) is 4.42. The number of fused-ring (bicyclic) bond motifs is 3. The number of hydrogen-bond acceptors (Lipinski definition) is 3. The molecular formula is C19H23NO3. The van der Waals surface area contributed by atoms with Gasteiger partial charge in [0.1, 0.15) is 0 Å². The smallest absolute Gasteiger partial charge is 0.164 e. The Morgan fingerprint density at radius 3 is 2.48 bits per heavy atom. The predicted molar refractivity (Wildman–Crippen MR) is 90.5 cm³/mol. The molecule has 0 radical (unpaired) electrons. The summed E-state index contributed by atoms with van der Waals surface area (Å²) >= 11 is 0. The highest BCUT2D eigenvalue weighted by Gasteiger charge is 2.24. The number of nitrogens with zero attached hydrogens (tertiary/aromatic N) is 1. The van der Waals surface area contributed by atoms with Gasteiger partial charge in [-0.3, -0.25) is 4.79 Å². The highest BCUT2D eigenvalue weighted by Crippen LogP contribution is 2.40. The fourth-order valence-electron chi connectivity index (χ4n) is 3.18. The molecule has 3 rings (SSSR count). The number of aryl methyl sites for hydroxylation is 2. The predicted octanol–water partition coefficient (Wildman–Crippen LogP) is 4.10. The zero-order valence-electron chi connectivity index (χ0n) is 14.0. The fraction of sp³-hybridized carbons (Fsp3) is 0.421. The summed E-state index contributed by atoms with van der Waals surface area (Å²) in [5.41, 5.74) is 4.13. The fourth-order valence-corrected chi connectivity index (χ4v) is 3.18. The van der Waals surface area contributed by atoms with Crippen LogP contribution in [0.2, 0.25) is 0 Å². The van der Waals surface area contributed by atoms with Crippen LogP contribution in [0.5, 0.6) is 11.5 Å². The van der Waals surface area contributed by atoms with Crippen molar-refractivity contribution >= 4 is 5.78 Å². The minimum atomic E-state index is 0.179. The lowest BCUT2D eigenvalue weighted by atomic mass is 9.94. The number of ketones is 1. The quantitative estimate of drug-likeness (QED) is 0.754. The Bertz CT molecular complexity index is 730. The molecule has 4 nitrogen and oxygen atoms in total. The van der Waals surface area contributed by atoms with E-state index in [2.05, 4.69) is 10.6 Å². The largest absolute Gasteiger partial charge is 0.490 e. The van der Waals surface area contributed by atoms with Crippen LogP contribution in [0, 0.1) is 0 Å². The third kappa shape index (κ3) is 2.74. The van der Waals surface area contributed by atoms with E-state index in [-0.39, 0.29) is 5.78 Å². The average Bonchev–Trinajstić information content (AvgIpc) is 2.99. The molecule has 0 aliphatic carbocycles. The second kappa shape index (κ2) is 6.49. The molecular weight excluding hydrogens is 290 g/mol. The van der Waals surface area contributed by atoms with Crippen LogP contribution in [0.3, 0.4) is 0 Å². The summed E-state index contributed by atoms with van der Waals surface area (Å²) in [6.45, 7) is 7.91. The number of ether oxygens (including phenoxy) is 2. The van der Waals surface area contributed by atoms with Gasteiger partial charge >= 0.3 is 0 Å². The molecule has 2 aromatic rings. The number of hydrogen-bond donors (Lipinski definition) is 0. The van der Waals surface area contributed by atoms with Crippen molar-refractivity contribution in [3.8, 4) is 22.8 Å². The highest BCUT2D eigenvalue weighted by atomic mass is 16.5. The molecule has 4 heteroatoms. The van der Waals surface area contributed by atoms with Crippen molar-refractivity contribution in [2.24, 2.45) is 0 Å². The minimum absolute atomic E-state index is 0.179. The first-order valence-corrected chi connectivity index (χ1v) is 8.34. The molecule has 1 aliphatic heterocycles. The third-order valence-corrected chi connectivity index (χ3v) is 4.23. The Morgan fingerprint density at radius 1 is 1.13 bits per heavy atom. The van der Waals surface area contributed by atoms with Crippen molar-refractivity contribution in [2.75, 3.05) is 13.2 Å². The molecule has 0 saturated carbocycles. The molecule has 23 heavy (non-hydrogen) atoms. The highest BCUT2D eigenvalue weighted by molar-refractivity contribution is 6.02. The van der Waals surface area contributed by atoms with Crippen LogP contribution >= 0.6 is 0 Å². The van der Waals surface area contributed by atoms with Crippen LogP contribution in [-0.4, -0.2) is 23.6 Å². The zero-order chi connectivity index (χ0) is 16.4. The van der Waals surface area contributed by atoms with E-state index in [1.54, 1.807) is 0 Å². The molecule has 2 heterocycles. The Balaban J connectivity index is 2.15. The van der Waals surface area contributed by atoms with E-state index in [0.29, 0.717) is 19.6 Å². The van der Waals surface area contributed by atoms with E-state index < -0.39 is 0 Å². The molecule has 0 fully saturated rings. The number of rotatable bonds is 6. The summed E-state index contributed by atoms with van der Waals surface area (Å²) in [5.74, 6) is 1.72. The van der Waals surface area contributed by atoms with Crippen LogP contribution in [0.25, 0.3) is 11.3 Å². The van der Waals surface area contributed by atoms with Crippen molar-refractivity contribution in [3.05, 3.63) is 35.5 Å². The maximum absolute atomic E-state index is 12.3. The van der Waals surface area contributed by atoms with E-state index in [9.17, 15) is 4.79 Å². The first-order valence-electron chi connectivity index (χ1n) is 8.34. The second-order valence-corrected chi connectivity index (χ2v) is 5.62. The van der Waals surface area contributed by atoms with Gasteiger partial charge in [0.15, 0.2) is 17.3 Å². The van der Waals surface area contributed by atoms with Gasteiger partial charge < -0.3 is 14.0 Å². The lowest BCUT2D eigenvalue weighted by molar-refractivity contribution is 0.0988. The summed E-state index contributed by atoms with van der Waals surface area (Å²) in [4.78, 5) is 12.3. The summed E-state index contributed by atoms with van der Waals surface area (Å²) in [6, 6.07) is 6.04. The topological polar surface area (TPSA) is 40.5 Å². The molecule has 0 bridgehead atoms. The normalized spacial score (nSPS) is 12.5. The molecule has 122 valence electrons. The lowest BCUT2D eigenvalue weighted by Gasteiger charge is -2.23. The van der Waals surface area contributed by atoms with Gasteiger partial charge in [-0.2, -0.15) is 0 Å². The van der Waals surface area contributed by atoms with Gasteiger partial charge in [0.05, 0.1) is 18.9 Å². The molecule has 1 aliphatic rings. The summed E-state index contributed by atoms with van der Waals surface area (Å²) in [6.07, 6.45) is 3.46. The molecule has 0 unspecified atom stereocenters. The van der Waals surface area contributed by atoms with Crippen molar-refractivity contribution in [2.45, 2.75) is 40.2 Å². The van der Waals surface area contributed by atoms with E-state index in [1.807, 2.05) is 39.1 Å². The number of aromatic nitrogens is 1. The van der Waals surface area contributed by atoms with Crippen LogP contribution in [0.4, 0.5) is 0 Å². The molecule has 1 aromatic heterocycles. The van der Waals surface area contributed by atoms with E-state index in [4.69, 9.17) is 9.47 Å². The van der Waals surface area contributed by atoms with Crippen molar-refractivity contribution in [1.82, 2.24) is 4.57 Å². The summed E-state index contributed by atoms with van der Waals surface area (Å²) < 4.78 is 13.6. The Morgan fingerprint density at radius 2 is 1.83 bits per heavy atom. The van der Waals surface area contributed by atoms with Crippen LogP contribution < -0.4 is 9.47 Å². The van der Waals surface area contributed by atoms with Gasteiger partial charge in [-0.1, -0.05) is 6.92 Å². The number of Topliss-reactive ketones (excluding diaryl/α,β-unsaturated/α-hetero) is 1. The Hall–Kier alpha value is -2.23. The van der Waals surface area contributed by atoms with Crippen LogP contribution in [0.1, 0.15) is 43.1 Å². The maximum atomic E-state index is 12.3. The zero-order valence-corrected chi connectivity index (χ0v) is 14.0. The summed E-state index contributed by atoms with van der Waals surface area (Å²) in [7, 11) is 0. The van der Waals surface area contributed by atoms with Gasteiger partial charge in [-0.25, -0.2) is 0 Å². The molecule has 0 spiro atoms. The third-order valence-electron chi connectivity index (χ3n) is 4.23. The average molecular weight is 313 g/mol. The minimum Gasteiger partial charge on any atom is -0.490 e. The van der Waals surface area contributed by atoms with Gasteiger partial charge in [-0.15, -0.1) is 0 Å². The van der Waals surface area contributed by atoms with E-state index in [0.717, 1.165) is 41.3 Å². The van der Waals surface area contributed by atoms with Crippen LogP contribution in [0.15, 0.2) is 24.4 Å². The first kappa shape index (κ1) is 15.7. The number of benzene rings is 1. The summed E-state index contributed by atoms with van der Waals surface area (Å²) in [5, 5.41) is 0. The van der Waals surface area contributed by atoms with E-state index in [1.165, 1.54) is 5.56 Å². The van der Waals surface area contributed by atoms with Crippen molar-refractivity contribution < 1.29 is 14.3 Å².